The number of hydrogen-bond donors (Lipinski definition) is 1. The van der Waals surface area contributed by atoms with Gasteiger partial charge in [-0.15, -0.1) is 0 Å². The number of hydrogen-bond acceptors (Lipinski definition) is 5. The first kappa shape index (κ1) is 20.4. The van der Waals surface area contributed by atoms with Gasteiger partial charge in [0.2, 0.25) is 0 Å². The molecule has 0 spiro atoms. The minimum Gasteiger partial charge on any atom is -0.327 e. The minimum atomic E-state index is -0.187. The van der Waals surface area contributed by atoms with E-state index in [0.29, 0.717) is 24.6 Å². The first-order valence-corrected chi connectivity index (χ1v) is 11.8. The van der Waals surface area contributed by atoms with E-state index in [2.05, 4.69) is 14.9 Å². The molecule has 2 aliphatic heterocycles. The van der Waals surface area contributed by atoms with Gasteiger partial charge in [-0.05, 0) is 43.7 Å². The van der Waals surface area contributed by atoms with Gasteiger partial charge >= 0.3 is 0 Å². The molecule has 1 saturated carbocycles. The van der Waals surface area contributed by atoms with Gasteiger partial charge in [0.05, 0.1) is 17.3 Å². The van der Waals surface area contributed by atoms with Crippen LogP contribution in [0.2, 0.25) is 0 Å². The smallest absolute Gasteiger partial charge is 0.273 e. The fourth-order valence-electron chi connectivity index (χ4n) is 5.48. The lowest BCUT2D eigenvalue weighted by Crippen LogP contribution is -2.40. The van der Waals surface area contributed by atoms with Gasteiger partial charge in [0.1, 0.15) is 11.5 Å². The van der Waals surface area contributed by atoms with E-state index < -0.39 is 0 Å². The van der Waals surface area contributed by atoms with Crippen molar-refractivity contribution in [3.63, 3.8) is 0 Å². The Morgan fingerprint density at radius 3 is 2.77 bits per heavy atom. The molecule has 1 unspecified atom stereocenters. The Hall–Kier alpha value is -2.54. The quantitative estimate of drug-likeness (QED) is 0.820. The summed E-state index contributed by atoms with van der Waals surface area (Å²) in [5.41, 5.74) is 2.13. The van der Waals surface area contributed by atoms with Crippen molar-refractivity contribution in [2.24, 2.45) is 5.92 Å². The van der Waals surface area contributed by atoms with E-state index >= 15 is 0 Å². The van der Waals surface area contributed by atoms with Crippen molar-refractivity contribution >= 4 is 5.91 Å². The molecule has 0 radical (unpaired) electrons. The first-order valence-electron chi connectivity index (χ1n) is 11.8. The lowest BCUT2D eigenvalue weighted by atomic mass is 9.88. The molecule has 1 saturated heterocycles. The van der Waals surface area contributed by atoms with Gasteiger partial charge < -0.3 is 9.88 Å². The van der Waals surface area contributed by atoms with Crippen molar-refractivity contribution in [1.29, 1.82) is 0 Å². The maximum absolute atomic E-state index is 13.0. The number of likely N-dealkylation sites (tertiary alicyclic amines) is 1. The van der Waals surface area contributed by atoms with Gasteiger partial charge in [0.15, 0.2) is 0 Å². The van der Waals surface area contributed by atoms with Gasteiger partial charge in [0.25, 0.3) is 11.5 Å². The molecule has 31 heavy (non-hydrogen) atoms. The lowest BCUT2D eigenvalue weighted by Gasteiger charge is -2.33. The SMILES string of the molecule is O=C(c1ccccn1)N1CCCC1c1nc2c(c(=O)[nH]1)CN(CC1CCCCC1)CC2. The van der Waals surface area contributed by atoms with Crippen LogP contribution in [-0.2, 0) is 13.0 Å². The van der Waals surface area contributed by atoms with E-state index in [1.165, 1.54) is 32.1 Å². The first-order chi connectivity index (χ1) is 15.2. The van der Waals surface area contributed by atoms with Crippen LogP contribution in [-0.4, -0.2) is 50.3 Å². The maximum atomic E-state index is 13.0. The largest absolute Gasteiger partial charge is 0.327 e. The van der Waals surface area contributed by atoms with Crippen molar-refractivity contribution in [2.75, 3.05) is 19.6 Å². The number of carbonyl (C=O) groups is 1. The van der Waals surface area contributed by atoms with Crippen LogP contribution in [0.25, 0.3) is 0 Å². The zero-order chi connectivity index (χ0) is 21.2. The van der Waals surface area contributed by atoms with Gasteiger partial charge in [-0.3, -0.25) is 19.5 Å². The summed E-state index contributed by atoms with van der Waals surface area (Å²) in [6.45, 7) is 3.40. The molecular formula is C24H31N5O2. The molecule has 0 bridgehead atoms. The van der Waals surface area contributed by atoms with Crippen LogP contribution in [0.1, 0.15) is 78.6 Å². The monoisotopic (exact) mass is 421 g/mol. The normalized spacial score (nSPS) is 22.5. The van der Waals surface area contributed by atoms with Crippen LogP contribution in [0.5, 0.6) is 0 Å². The Balaban J connectivity index is 1.33. The number of aromatic amines is 1. The molecule has 1 amide bonds. The second-order valence-corrected chi connectivity index (χ2v) is 9.24. The lowest BCUT2D eigenvalue weighted by molar-refractivity contribution is 0.0723. The fourth-order valence-corrected chi connectivity index (χ4v) is 5.48. The van der Waals surface area contributed by atoms with Crippen molar-refractivity contribution in [1.82, 2.24) is 24.8 Å². The van der Waals surface area contributed by atoms with Crippen molar-refractivity contribution in [2.45, 2.75) is 64.0 Å². The average molecular weight is 422 g/mol. The third-order valence-corrected chi connectivity index (χ3v) is 7.12. The van der Waals surface area contributed by atoms with Crippen LogP contribution in [0.15, 0.2) is 29.2 Å². The molecule has 2 aromatic rings. The molecule has 164 valence electrons. The number of nitrogens with zero attached hydrogens (tertiary/aromatic N) is 4. The summed E-state index contributed by atoms with van der Waals surface area (Å²) in [4.78, 5) is 42.3. The molecule has 2 aromatic heterocycles. The Morgan fingerprint density at radius 2 is 1.97 bits per heavy atom. The molecule has 1 N–H and O–H groups in total. The molecule has 4 heterocycles. The van der Waals surface area contributed by atoms with E-state index in [1.54, 1.807) is 18.3 Å². The second kappa shape index (κ2) is 8.91. The van der Waals surface area contributed by atoms with Gasteiger partial charge in [-0.25, -0.2) is 4.98 Å². The third kappa shape index (κ3) is 4.28. The van der Waals surface area contributed by atoms with Gasteiger partial charge in [0, 0.05) is 38.8 Å². The molecule has 5 rings (SSSR count). The molecule has 7 nitrogen and oxygen atoms in total. The summed E-state index contributed by atoms with van der Waals surface area (Å²) < 4.78 is 0. The van der Waals surface area contributed by atoms with Crippen LogP contribution >= 0.6 is 0 Å². The van der Waals surface area contributed by atoms with E-state index in [-0.39, 0.29) is 17.5 Å². The summed E-state index contributed by atoms with van der Waals surface area (Å²) in [7, 11) is 0. The predicted octanol–water partition coefficient (Wildman–Crippen LogP) is 3.08. The Kier molecular flexibility index (Phi) is 5.85. The number of H-pyrrole nitrogens is 1. The number of carbonyl (C=O) groups excluding carboxylic acids is 1. The number of pyridine rings is 1. The molecule has 1 atom stereocenters. The Bertz CT molecular complexity index is 983. The molecule has 3 aliphatic rings. The highest BCUT2D eigenvalue weighted by Gasteiger charge is 2.34. The molecule has 0 aromatic carbocycles. The zero-order valence-electron chi connectivity index (χ0n) is 18.1. The third-order valence-electron chi connectivity index (χ3n) is 7.12. The summed E-state index contributed by atoms with van der Waals surface area (Å²) in [5.74, 6) is 1.31. The van der Waals surface area contributed by atoms with Crippen LogP contribution in [0, 0.1) is 5.92 Å². The van der Waals surface area contributed by atoms with Crippen molar-refractivity contribution in [3.8, 4) is 0 Å². The molecule has 1 aliphatic carbocycles. The van der Waals surface area contributed by atoms with E-state index in [0.717, 1.165) is 49.5 Å². The van der Waals surface area contributed by atoms with Crippen LogP contribution < -0.4 is 5.56 Å². The zero-order valence-corrected chi connectivity index (χ0v) is 18.1. The molecule has 7 heteroatoms. The predicted molar refractivity (Wildman–Crippen MR) is 118 cm³/mol. The highest BCUT2D eigenvalue weighted by atomic mass is 16.2. The fraction of sp³-hybridized carbons (Fsp3) is 0.583. The van der Waals surface area contributed by atoms with E-state index in [1.807, 2.05) is 11.0 Å². The summed E-state index contributed by atoms with van der Waals surface area (Å²) in [5, 5.41) is 0. The number of amides is 1. The molecule has 2 fully saturated rings. The Labute approximate surface area is 182 Å². The van der Waals surface area contributed by atoms with Gasteiger partial charge in [-0.1, -0.05) is 25.3 Å². The van der Waals surface area contributed by atoms with Crippen molar-refractivity contribution < 1.29 is 4.79 Å². The second-order valence-electron chi connectivity index (χ2n) is 9.24. The standard InChI is InChI=1S/C24H31N5O2/c30-23-18-16-28(15-17-7-2-1-3-8-17)14-11-19(18)26-22(27-23)21-10-6-13-29(21)24(31)20-9-4-5-12-25-20/h4-5,9,12,17,21H,1-3,6-8,10-11,13-16H2,(H,26,27,30). The van der Waals surface area contributed by atoms with E-state index in [9.17, 15) is 9.59 Å². The van der Waals surface area contributed by atoms with Crippen LogP contribution in [0.3, 0.4) is 0 Å². The summed E-state index contributed by atoms with van der Waals surface area (Å²) in [6.07, 6.45) is 10.8. The number of rotatable bonds is 4. The van der Waals surface area contributed by atoms with Crippen molar-refractivity contribution in [3.05, 3.63) is 57.5 Å². The van der Waals surface area contributed by atoms with Gasteiger partial charge in [-0.2, -0.15) is 0 Å². The number of nitrogens with one attached hydrogen (secondary N) is 1. The Morgan fingerprint density at radius 1 is 1.10 bits per heavy atom. The highest BCUT2D eigenvalue weighted by Crippen LogP contribution is 2.31. The topological polar surface area (TPSA) is 82.2 Å². The number of aromatic nitrogens is 3. The average Bonchev–Trinajstić information content (AvgIpc) is 3.30. The summed E-state index contributed by atoms with van der Waals surface area (Å²) in [6, 6.07) is 5.18. The maximum Gasteiger partial charge on any atom is 0.273 e. The summed E-state index contributed by atoms with van der Waals surface area (Å²) >= 11 is 0. The van der Waals surface area contributed by atoms with Crippen LogP contribution in [0.4, 0.5) is 0 Å². The highest BCUT2D eigenvalue weighted by molar-refractivity contribution is 5.92. The minimum absolute atomic E-state index is 0.0366. The van der Waals surface area contributed by atoms with E-state index in [4.69, 9.17) is 4.98 Å². The molecular weight excluding hydrogens is 390 g/mol. The number of fused-ring (bicyclic) bond motifs is 1.